The summed E-state index contributed by atoms with van der Waals surface area (Å²) in [6, 6.07) is 0. The maximum Gasteiger partial charge on any atom is 0.259 e. The molecular weight excluding hydrogens is 378 g/mol. The van der Waals surface area contributed by atoms with Gasteiger partial charge in [0, 0.05) is 31.1 Å². The number of rotatable bonds is 3. The molecule has 3 aromatic rings. The van der Waals surface area contributed by atoms with Crippen molar-refractivity contribution in [3.63, 3.8) is 0 Å². The van der Waals surface area contributed by atoms with Gasteiger partial charge in [-0.3, -0.25) is 14.5 Å². The first-order valence-corrected chi connectivity index (χ1v) is 10.1. The van der Waals surface area contributed by atoms with Gasteiger partial charge in [0.25, 0.3) is 11.5 Å². The Morgan fingerprint density at radius 1 is 1.18 bits per heavy atom. The fourth-order valence-electron chi connectivity index (χ4n) is 3.64. The zero-order valence-electron chi connectivity index (χ0n) is 16.5. The third-order valence-corrected chi connectivity index (χ3v) is 6.47. The largest absolute Gasteiger partial charge is 0.361 e. The van der Waals surface area contributed by atoms with Crippen LogP contribution >= 0.6 is 11.3 Å². The van der Waals surface area contributed by atoms with Gasteiger partial charge in [0.2, 0.25) is 0 Å². The summed E-state index contributed by atoms with van der Waals surface area (Å²) in [4.78, 5) is 38.7. The number of amides is 1. The Morgan fingerprint density at radius 3 is 2.54 bits per heavy atom. The Balaban J connectivity index is 1.44. The fourth-order valence-corrected chi connectivity index (χ4v) is 4.69. The smallest absolute Gasteiger partial charge is 0.259 e. The van der Waals surface area contributed by atoms with E-state index in [1.165, 1.54) is 0 Å². The van der Waals surface area contributed by atoms with Crippen molar-refractivity contribution in [3.05, 3.63) is 43.6 Å². The standard InChI is InChI=1S/C19H23N5O3S/c1-10-13(4)28-18-15(10)17(25)20-14(21-18)9-23-5-7-24(8-6-23)19(26)16-11(2)22-27-12(16)3/h5-9H2,1-4H3,(H,20,21,25). The van der Waals surface area contributed by atoms with E-state index in [1.807, 2.05) is 18.7 Å². The highest BCUT2D eigenvalue weighted by molar-refractivity contribution is 7.18. The molecule has 1 fully saturated rings. The predicted octanol–water partition coefficient (Wildman–Crippen LogP) is 2.16. The van der Waals surface area contributed by atoms with Crippen LogP contribution in [0.5, 0.6) is 0 Å². The molecule has 0 saturated carbocycles. The molecule has 148 valence electrons. The molecule has 28 heavy (non-hydrogen) atoms. The van der Waals surface area contributed by atoms with E-state index in [4.69, 9.17) is 4.52 Å². The van der Waals surface area contributed by atoms with E-state index in [0.29, 0.717) is 47.9 Å². The number of nitrogens with one attached hydrogen (secondary N) is 1. The third kappa shape index (κ3) is 3.24. The number of fused-ring (bicyclic) bond motifs is 1. The second-order valence-electron chi connectivity index (χ2n) is 7.24. The van der Waals surface area contributed by atoms with E-state index in [9.17, 15) is 9.59 Å². The molecule has 1 N–H and O–H groups in total. The molecule has 3 aromatic heterocycles. The van der Waals surface area contributed by atoms with Crippen LogP contribution in [0.3, 0.4) is 0 Å². The van der Waals surface area contributed by atoms with Crippen molar-refractivity contribution in [2.75, 3.05) is 26.2 Å². The summed E-state index contributed by atoms with van der Waals surface area (Å²) >= 11 is 1.56. The predicted molar refractivity (Wildman–Crippen MR) is 107 cm³/mol. The Labute approximate surface area is 166 Å². The number of carbonyl (C=O) groups excluding carboxylic acids is 1. The summed E-state index contributed by atoms with van der Waals surface area (Å²) in [7, 11) is 0. The molecule has 4 rings (SSSR count). The van der Waals surface area contributed by atoms with Gasteiger partial charge in [0.15, 0.2) is 0 Å². The Bertz CT molecular complexity index is 1090. The summed E-state index contributed by atoms with van der Waals surface area (Å²) in [6.45, 7) is 10.8. The number of aryl methyl sites for hydroxylation is 4. The van der Waals surface area contributed by atoms with Crippen LogP contribution in [0.4, 0.5) is 0 Å². The molecule has 1 amide bonds. The molecule has 4 heterocycles. The average molecular weight is 401 g/mol. The lowest BCUT2D eigenvalue weighted by molar-refractivity contribution is 0.0623. The van der Waals surface area contributed by atoms with Crippen molar-refractivity contribution >= 4 is 27.5 Å². The molecule has 0 aliphatic carbocycles. The monoisotopic (exact) mass is 401 g/mol. The number of H-pyrrole nitrogens is 1. The molecule has 9 heteroatoms. The number of hydrogen-bond donors (Lipinski definition) is 1. The van der Waals surface area contributed by atoms with Gasteiger partial charge in [-0.2, -0.15) is 0 Å². The number of thiophene rings is 1. The Morgan fingerprint density at radius 2 is 1.89 bits per heavy atom. The van der Waals surface area contributed by atoms with Crippen molar-refractivity contribution in [2.24, 2.45) is 0 Å². The average Bonchev–Trinajstić information content (AvgIpc) is 3.14. The first-order chi connectivity index (χ1) is 13.3. The van der Waals surface area contributed by atoms with Gasteiger partial charge in [-0.25, -0.2) is 4.98 Å². The van der Waals surface area contributed by atoms with Crippen LogP contribution in [0.2, 0.25) is 0 Å². The normalized spacial score (nSPS) is 15.5. The minimum absolute atomic E-state index is 0.0339. The van der Waals surface area contributed by atoms with Crippen LogP contribution in [-0.4, -0.2) is 57.0 Å². The Kier molecular flexibility index (Phi) is 4.80. The second-order valence-corrected chi connectivity index (χ2v) is 8.45. The fraction of sp³-hybridized carbons (Fsp3) is 0.474. The molecule has 0 spiro atoms. The molecule has 1 saturated heterocycles. The van der Waals surface area contributed by atoms with Crippen molar-refractivity contribution in [1.29, 1.82) is 0 Å². The first-order valence-electron chi connectivity index (χ1n) is 9.28. The zero-order valence-corrected chi connectivity index (χ0v) is 17.3. The lowest BCUT2D eigenvalue weighted by Gasteiger charge is -2.34. The van der Waals surface area contributed by atoms with Crippen LogP contribution in [-0.2, 0) is 6.54 Å². The van der Waals surface area contributed by atoms with E-state index < -0.39 is 0 Å². The highest BCUT2D eigenvalue weighted by Crippen LogP contribution is 2.26. The number of carbonyl (C=O) groups is 1. The summed E-state index contributed by atoms with van der Waals surface area (Å²) in [6.07, 6.45) is 0. The maximum absolute atomic E-state index is 12.7. The lowest BCUT2D eigenvalue weighted by atomic mass is 10.1. The second kappa shape index (κ2) is 7.14. The van der Waals surface area contributed by atoms with Gasteiger partial charge in [-0.15, -0.1) is 11.3 Å². The quantitative estimate of drug-likeness (QED) is 0.723. The molecule has 0 atom stereocenters. The Hall–Kier alpha value is -2.52. The minimum Gasteiger partial charge on any atom is -0.361 e. The summed E-state index contributed by atoms with van der Waals surface area (Å²) in [5, 5.41) is 4.57. The van der Waals surface area contributed by atoms with Gasteiger partial charge in [0.05, 0.1) is 17.6 Å². The topological polar surface area (TPSA) is 95.3 Å². The molecule has 0 unspecified atom stereocenters. The van der Waals surface area contributed by atoms with Crippen molar-refractivity contribution in [1.82, 2.24) is 24.9 Å². The maximum atomic E-state index is 12.7. The van der Waals surface area contributed by atoms with Crippen LogP contribution < -0.4 is 5.56 Å². The number of piperazine rings is 1. The summed E-state index contributed by atoms with van der Waals surface area (Å²) in [5.41, 5.74) is 2.12. The van der Waals surface area contributed by atoms with E-state index in [0.717, 1.165) is 28.4 Å². The van der Waals surface area contributed by atoms with Gasteiger partial charge in [-0.05, 0) is 33.3 Å². The summed E-state index contributed by atoms with van der Waals surface area (Å²) < 4.78 is 5.11. The van der Waals surface area contributed by atoms with Gasteiger partial charge in [-0.1, -0.05) is 5.16 Å². The van der Waals surface area contributed by atoms with Crippen LogP contribution in [0.25, 0.3) is 10.2 Å². The van der Waals surface area contributed by atoms with Crippen LogP contribution in [0.1, 0.15) is 38.1 Å². The molecule has 0 bridgehead atoms. The van der Waals surface area contributed by atoms with Crippen LogP contribution in [0.15, 0.2) is 9.32 Å². The molecule has 1 aliphatic rings. The number of aromatic amines is 1. The third-order valence-electron chi connectivity index (χ3n) is 5.37. The molecule has 1 aliphatic heterocycles. The van der Waals surface area contributed by atoms with E-state index in [2.05, 4.69) is 20.0 Å². The molecular formula is C19H23N5O3S. The lowest BCUT2D eigenvalue weighted by Crippen LogP contribution is -2.48. The first kappa shape index (κ1) is 18.8. The SMILES string of the molecule is Cc1noc(C)c1C(=O)N1CCN(Cc2nc3sc(C)c(C)c3c(=O)[nH]2)CC1. The van der Waals surface area contributed by atoms with E-state index in [-0.39, 0.29) is 11.5 Å². The minimum atomic E-state index is -0.0749. The van der Waals surface area contributed by atoms with Crippen molar-refractivity contribution in [2.45, 2.75) is 34.2 Å². The highest BCUT2D eigenvalue weighted by atomic mass is 32.1. The highest BCUT2D eigenvalue weighted by Gasteiger charge is 2.27. The number of aromatic nitrogens is 3. The van der Waals surface area contributed by atoms with Gasteiger partial charge in [0.1, 0.15) is 22.0 Å². The number of hydrogen-bond acceptors (Lipinski definition) is 7. The molecule has 8 nitrogen and oxygen atoms in total. The number of nitrogens with zero attached hydrogens (tertiary/aromatic N) is 4. The van der Waals surface area contributed by atoms with E-state index >= 15 is 0 Å². The van der Waals surface area contributed by atoms with Gasteiger partial charge >= 0.3 is 0 Å². The van der Waals surface area contributed by atoms with E-state index in [1.54, 1.807) is 25.2 Å². The van der Waals surface area contributed by atoms with Gasteiger partial charge < -0.3 is 14.4 Å². The summed E-state index contributed by atoms with van der Waals surface area (Å²) in [5.74, 6) is 1.19. The zero-order chi connectivity index (χ0) is 20.0. The van der Waals surface area contributed by atoms with Crippen LogP contribution in [0, 0.1) is 27.7 Å². The molecule has 0 radical (unpaired) electrons. The van der Waals surface area contributed by atoms with Crippen molar-refractivity contribution in [3.8, 4) is 0 Å². The van der Waals surface area contributed by atoms with Crippen molar-refractivity contribution < 1.29 is 9.32 Å². The molecule has 0 aromatic carbocycles.